The summed E-state index contributed by atoms with van der Waals surface area (Å²) >= 11 is 0. The van der Waals surface area contributed by atoms with Gasteiger partial charge in [-0.2, -0.15) is 0 Å². The van der Waals surface area contributed by atoms with Crippen LogP contribution in [-0.2, 0) is 17.8 Å². The van der Waals surface area contributed by atoms with E-state index in [1.807, 2.05) is 24.3 Å². The second-order valence-corrected chi connectivity index (χ2v) is 7.57. The average Bonchev–Trinajstić information content (AvgIpc) is 2.78. The van der Waals surface area contributed by atoms with Gasteiger partial charge in [-0.25, -0.2) is 4.39 Å². The molecule has 30 heavy (non-hydrogen) atoms. The highest BCUT2D eigenvalue weighted by molar-refractivity contribution is 5.79. The molecule has 1 aromatic carbocycles. The van der Waals surface area contributed by atoms with E-state index in [-0.39, 0.29) is 11.4 Å². The van der Waals surface area contributed by atoms with E-state index in [9.17, 15) is 9.18 Å². The fourth-order valence-electron chi connectivity index (χ4n) is 3.82. The van der Waals surface area contributed by atoms with Crippen molar-refractivity contribution in [3.8, 4) is 0 Å². The number of morpholine rings is 1. The molecule has 0 bridgehead atoms. The summed E-state index contributed by atoms with van der Waals surface area (Å²) in [6.45, 7) is 6.23. The fourth-order valence-corrected chi connectivity index (χ4v) is 3.82. The van der Waals surface area contributed by atoms with Gasteiger partial charge in [-0.05, 0) is 61.3 Å². The monoisotopic (exact) mass is 410 g/mol. The molecule has 0 saturated carbocycles. The molecule has 3 aromatic rings. The molecule has 1 aliphatic heterocycles. The SMILES string of the molecule is O=c1c(CNCCCN2CCOCC2)cc2ccc(F)cc2n1Cc1ccccn1. The molecule has 2 aromatic heterocycles. The van der Waals surface area contributed by atoms with Gasteiger partial charge in [0.25, 0.3) is 5.56 Å². The van der Waals surface area contributed by atoms with Crippen molar-refractivity contribution in [3.63, 3.8) is 0 Å². The maximum Gasteiger partial charge on any atom is 0.255 e. The van der Waals surface area contributed by atoms with Gasteiger partial charge in [-0.1, -0.05) is 6.07 Å². The lowest BCUT2D eigenvalue weighted by Crippen LogP contribution is -2.37. The van der Waals surface area contributed by atoms with Crippen LogP contribution >= 0.6 is 0 Å². The highest BCUT2D eigenvalue weighted by Gasteiger charge is 2.12. The van der Waals surface area contributed by atoms with E-state index in [0.717, 1.165) is 56.9 Å². The maximum absolute atomic E-state index is 13.9. The second-order valence-electron chi connectivity index (χ2n) is 7.57. The van der Waals surface area contributed by atoms with Gasteiger partial charge in [0.1, 0.15) is 5.82 Å². The summed E-state index contributed by atoms with van der Waals surface area (Å²) < 4.78 is 20.9. The van der Waals surface area contributed by atoms with Crippen molar-refractivity contribution in [2.24, 2.45) is 0 Å². The quantitative estimate of drug-likeness (QED) is 0.578. The minimum absolute atomic E-state index is 0.112. The number of benzene rings is 1. The van der Waals surface area contributed by atoms with Gasteiger partial charge in [0.05, 0.1) is 31.0 Å². The van der Waals surface area contributed by atoms with Crippen LogP contribution < -0.4 is 10.9 Å². The molecule has 0 radical (unpaired) electrons. The van der Waals surface area contributed by atoms with Crippen molar-refractivity contribution in [2.75, 3.05) is 39.4 Å². The summed E-state index contributed by atoms with van der Waals surface area (Å²) in [5.74, 6) is -0.356. The van der Waals surface area contributed by atoms with Gasteiger partial charge in [-0.15, -0.1) is 0 Å². The van der Waals surface area contributed by atoms with E-state index in [0.29, 0.717) is 24.2 Å². The molecule has 1 saturated heterocycles. The molecule has 0 amide bonds. The van der Waals surface area contributed by atoms with Gasteiger partial charge in [0, 0.05) is 31.4 Å². The van der Waals surface area contributed by atoms with Crippen LogP contribution in [0.4, 0.5) is 4.39 Å². The first-order chi connectivity index (χ1) is 14.7. The first-order valence-corrected chi connectivity index (χ1v) is 10.4. The standard InChI is InChI=1S/C23H27FN4O2/c24-20-6-5-18-14-19(16-25-7-3-9-27-10-12-30-13-11-27)23(29)28(22(18)15-20)17-21-4-1-2-8-26-21/h1-2,4-6,8,14-15,25H,3,7,9-13,16-17H2. The number of pyridine rings is 2. The Balaban J connectivity index is 1.48. The molecule has 4 rings (SSSR count). The molecule has 1 aliphatic rings. The Labute approximate surface area is 175 Å². The number of aromatic nitrogens is 2. The minimum Gasteiger partial charge on any atom is -0.379 e. The van der Waals surface area contributed by atoms with E-state index in [1.54, 1.807) is 16.8 Å². The lowest BCUT2D eigenvalue weighted by molar-refractivity contribution is 0.0374. The smallest absolute Gasteiger partial charge is 0.255 e. The molecular formula is C23H27FN4O2. The van der Waals surface area contributed by atoms with Crippen LogP contribution in [-0.4, -0.2) is 53.8 Å². The molecule has 158 valence electrons. The molecule has 3 heterocycles. The summed E-state index contributed by atoms with van der Waals surface area (Å²) in [6.07, 6.45) is 2.71. The van der Waals surface area contributed by atoms with Crippen LogP contribution in [0.1, 0.15) is 17.7 Å². The molecule has 0 atom stereocenters. The van der Waals surface area contributed by atoms with Crippen LogP contribution in [0, 0.1) is 5.82 Å². The number of hydrogen-bond donors (Lipinski definition) is 1. The zero-order valence-corrected chi connectivity index (χ0v) is 17.0. The summed E-state index contributed by atoms with van der Waals surface area (Å²) in [5.41, 5.74) is 1.92. The summed E-state index contributed by atoms with van der Waals surface area (Å²) in [6, 6.07) is 12.0. The first kappa shape index (κ1) is 20.7. The Hall–Kier alpha value is -2.61. The highest BCUT2D eigenvalue weighted by Crippen LogP contribution is 2.16. The van der Waals surface area contributed by atoms with Crippen LogP contribution in [0.3, 0.4) is 0 Å². The highest BCUT2D eigenvalue weighted by atomic mass is 19.1. The van der Waals surface area contributed by atoms with Gasteiger partial charge in [0.15, 0.2) is 0 Å². The molecule has 1 N–H and O–H groups in total. The second kappa shape index (κ2) is 9.93. The van der Waals surface area contributed by atoms with Crippen molar-refractivity contribution < 1.29 is 9.13 Å². The molecule has 0 aliphatic carbocycles. The Bertz CT molecular complexity index is 1030. The van der Waals surface area contributed by atoms with Crippen molar-refractivity contribution in [2.45, 2.75) is 19.5 Å². The molecular weight excluding hydrogens is 383 g/mol. The van der Waals surface area contributed by atoms with E-state index in [1.165, 1.54) is 12.1 Å². The number of ether oxygens (including phenoxy) is 1. The first-order valence-electron chi connectivity index (χ1n) is 10.4. The Kier molecular flexibility index (Phi) is 6.84. The largest absolute Gasteiger partial charge is 0.379 e. The lowest BCUT2D eigenvalue weighted by atomic mass is 10.1. The normalized spacial score (nSPS) is 15.0. The van der Waals surface area contributed by atoms with E-state index < -0.39 is 0 Å². The van der Waals surface area contributed by atoms with Crippen molar-refractivity contribution in [1.82, 2.24) is 19.8 Å². The molecule has 1 fully saturated rings. The Morgan fingerprint density at radius 3 is 2.80 bits per heavy atom. The number of fused-ring (bicyclic) bond motifs is 1. The fraction of sp³-hybridized carbons (Fsp3) is 0.391. The number of nitrogens with one attached hydrogen (secondary N) is 1. The van der Waals surface area contributed by atoms with Crippen LogP contribution in [0.15, 0.2) is 53.5 Å². The molecule has 0 spiro atoms. The van der Waals surface area contributed by atoms with Crippen LogP contribution in [0.2, 0.25) is 0 Å². The van der Waals surface area contributed by atoms with E-state index in [4.69, 9.17) is 4.74 Å². The van der Waals surface area contributed by atoms with Crippen molar-refractivity contribution in [3.05, 3.63) is 76.1 Å². The van der Waals surface area contributed by atoms with Gasteiger partial charge in [-0.3, -0.25) is 14.7 Å². The minimum atomic E-state index is -0.356. The van der Waals surface area contributed by atoms with Crippen molar-refractivity contribution >= 4 is 10.9 Å². The number of halogens is 1. The Morgan fingerprint density at radius 1 is 1.13 bits per heavy atom. The average molecular weight is 410 g/mol. The number of nitrogens with zero attached hydrogens (tertiary/aromatic N) is 3. The van der Waals surface area contributed by atoms with Crippen LogP contribution in [0.5, 0.6) is 0 Å². The van der Waals surface area contributed by atoms with Gasteiger partial charge < -0.3 is 14.6 Å². The van der Waals surface area contributed by atoms with Gasteiger partial charge in [0.2, 0.25) is 0 Å². The zero-order valence-electron chi connectivity index (χ0n) is 17.0. The Morgan fingerprint density at radius 2 is 2.00 bits per heavy atom. The maximum atomic E-state index is 13.9. The molecule has 7 heteroatoms. The van der Waals surface area contributed by atoms with E-state index >= 15 is 0 Å². The number of hydrogen-bond acceptors (Lipinski definition) is 5. The van der Waals surface area contributed by atoms with Crippen LogP contribution in [0.25, 0.3) is 10.9 Å². The van der Waals surface area contributed by atoms with Crippen molar-refractivity contribution in [1.29, 1.82) is 0 Å². The predicted octanol–water partition coefficient (Wildman–Crippen LogP) is 2.40. The topological polar surface area (TPSA) is 59.4 Å². The number of rotatable bonds is 8. The molecule has 0 unspecified atom stereocenters. The van der Waals surface area contributed by atoms with E-state index in [2.05, 4.69) is 15.2 Å². The third kappa shape index (κ3) is 5.11. The summed E-state index contributed by atoms with van der Waals surface area (Å²) in [5, 5.41) is 4.23. The third-order valence-corrected chi connectivity index (χ3v) is 5.43. The van der Waals surface area contributed by atoms with Gasteiger partial charge >= 0.3 is 0 Å². The molecule has 6 nitrogen and oxygen atoms in total. The lowest BCUT2D eigenvalue weighted by Gasteiger charge is -2.26. The summed E-state index contributed by atoms with van der Waals surface area (Å²) in [4.78, 5) is 19.9. The predicted molar refractivity (Wildman–Crippen MR) is 115 cm³/mol. The zero-order chi connectivity index (χ0) is 20.8. The third-order valence-electron chi connectivity index (χ3n) is 5.43. The summed E-state index contributed by atoms with van der Waals surface area (Å²) in [7, 11) is 0.